The van der Waals surface area contributed by atoms with E-state index in [4.69, 9.17) is 0 Å². The highest BCUT2D eigenvalue weighted by Gasteiger charge is 2.24. The highest BCUT2D eigenvalue weighted by atomic mass is 16.1. The predicted molar refractivity (Wildman–Crippen MR) is 83.4 cm³/mol. The zero-order chi connectivity index (χ0) is 14.7. The van der Waals surface area contributed by atoms with Crippen LogP contribution in [0.2, 0.25) is 0 Å². The fourth-order valence-corrected chi connectivity index (χ4v) is 2.96. The van der Waals surface area contributed by atoms with E-state index in [1.165, 1.54) is 11.1 Å². The van der Waals surface area contributed by atoms with Gasteiger partial charge in [0.15, 0.2) is 0 Å². The van der Waals surface area contributed by atoms with Crippen LogP contribution in [0.4, 0.5) is 0 Å². The van der Waals surface area contributed by atoms with E-state index >= 15 is 0 Å². The van der Waals surface area contributed by atoms with Gasteiger partial charge in [-0.2, -0.15) is 0 Å². The number of H-pyrrole nitrogens is 1. The van der Waals surface area contributed by atoms with Crippen LogP contribution in [-0.4, -0.2) is 16.5 Å². The van der Waals surface area contributed by atoms with Crippen molar-refractivity contribution >= 4 is 0 Å². The summed E-state index contributed by atoms with van der Waals surface area (Å²) in [5.41, 5.74) is 3.53. The quantitative estimate of drug-likeness (QED) is 0.827. The van der Waals surface area contributed by atoms with Crippen molar-refractivity contribution in [3.05, 3.63) is 63.3 Å². The van der Waals surface area contributed by atoms with Gasteiger partial charge >= 0.3 is 0 Å². The monoisotopic (exact) mass is 283 g/mol. The molecule has 2 aromatic rings. The second-order valence-electron chi connectivity index (χ2n) is 5.67. The van der Waals surface area contributed by atoms with E-state index < -0.39 is 0 Å². The molecule has 0 aliphatic heterocycles. The lowest BCUT2D eigenvalue weighted by atomic mass is 10.1. The topological polar surface area (TPSA) is 57.8 Å². The van der Waals surface area contributed by atoms with E-state index in [0.29, 0.717) is 12.5 Å². The molecule has 1 aliphatic carbocycles. The van der Waals surface area contributed by atoms with Crippen LogP contribution in [0.25, 0.3) is 0 Å². The van der Waals surface area contributed by atoms with Crippen LogP contribution >= 0.6 is 0 Å². The summed E-state index contributed by atoms with van der Waals surface area (Å²) in [7, 11) is 0. The van der Waals surface area contributed by atoms with Gasteiger partial charge in [-0.05, 0) is 36.9 Å². The normalized spacial score (nSPS) is 14.3. The largest absolute Gasteiger partial charge is 0.311 e. The summed E-state index contributed by atoms with van der Waals surface area (Å²) < 4.78 is 0. The molecule has 0 spiro atoms. The van der Waals surface area contributed by atoms with Gasteiger partial charge in [0, 0.05) is 18.5 Å². The van der Waals surface area contributed by atoms with Crippen LogP contribution in [0.5, 0.6) is 0 Å². The van der Waals surface area contributed by atoms with Crippen LogP contribution in [0.1, 0.15) is 41.9 Å². The van der Waals surface area contributed by atoms with Gasteiger partial charge in [-0.1, -0.05) is 31.2 Å². The molecule has 0 saturated heterocycles. The number of benzene rings is 1. The third-order valence-electron chi connectivity index (χ3n) is 3.98. The maximum absolute atomic E-state index is 11.9. The molecule has 0 atom stereocenters. The molecule has 0 unspecified atom stereocenters. The van der Waals surface area contributed by atoms with E-state index in [1.807, 2.05) is 0 Å². The number of hydrogen-bond acceptors (Lipinski definition) is 3. The summed E-state index contributed by atoms with van der Waals surface area (Å²) in [6.45, 7) is 3.72. The fourth-order valence-electron chi connectivity index (χ4n) is 2.96. The smallest absolute Gasteiger partial charge is 0.251 e. The lowest BCUT2D eigenvalue weighted by molar-refractivity contribution is 0.634. The summed E-state index contributed by atoms with van der Waals surface area (Å²) >= 11 is 0. The molecule has 2 N–H and O–H groups in total. The maximum Gasteiger partial charge on any atom is 0.251 e. The minimum Gasteiger partial charge on any atom is -0.311 e. The molecule has 21 heavy (non-hydrogen) atoms. The maximum atomic E-state index is 11.9. The molecule has 1 aromatic heterocycles. The van der Waals surface area contributed by atoms with Gasteiger partial charge in [-0.3, -0.25) is 4.79 Å². The molecular weight excluding hydrogens is 262 g/mol. The van der Waals surface area contributed by atoms with E-state index in [9.17, 15) is 4.79 Å². The minimum atomic E-state index is -0.0516. The molecular formula is C17H21N3O. The number of aromatic nitrogens is 2. The van der Waals surface area contributed by atoms with Gasteiger partial charge in [0.2, 0.25) is 0 Å². The molecule has 0 amide bonds. The molecule has 1 aliphatic rings. The van der Waals surface area contributed by atoms with Crippen LogP contribution in [0.15, 0.2) is 35.1 Å². The molecule has 1 aromatic carbocycles. The van der Waals surface area contributed by atoms with Crippen LogP contribution < -0.4 is 10.9 Å². The Morgan fingerprint density at radius 2 is 2.00 bits per heavy atom. The standard InChI is InChI=1S/C17H21N3O/c1-2-7-18-11-15-10-16(21)20-17(19-15)14-8-12-5-3-4-6-13(12)9-14/h3-6,10,14,18H,2,7-9,11H2,1H3,(H,19,20,21). The summed E-state index contributed by atoms with van der Waals surface area (Å²) in [5.74, 6) is 1.12. The lowest BCUT2D eigenvalue weighted by Crippen LogP contribution is -2.21. The average molecular weight is 283 g/mol. The summed E-state index contributed by atoms with van der Waals surface area (Å²) in [6, 6.07) is 10.1. The molecule has 0 fully saturated rings. The van der Waals surface area contributed by atoms with Gasteiger partial charge in [0.25, 0.3) is 5.56 Å². The highest BCUT2D eigenvalue weighted by molar-refractivity contribution is 5.35. The predicted octanol–water partition coefficient (Wildman–Crippen LogP) is 2.15. The van der Waals surface area contributed by atoms with Crippen molar-refractivity contribution in [1.29, 1.82) is 0 Å². The van der Waals surface area contributed by atoms with Gasteiger partial charge in [0.05, 0.1) is 5.69 Å². The van der Waals surface area contributed by atoms with Gasteiger partial charge in [0.1, 0.15) is 5.82 Å². The first-order chi connectivity index (χ1) is 10.3. The number of rotatable bonds is 5. The zero-order valence-corrected chi connectivity index (χ0v) is 12.4. The van der Waals surface area contributed by atoms with E-state index in [0.717, 1.165) is 37.3 Å². The summed E-state index contributed by atoms with van der Waals surface area (Å²) in [5, 5.41) is 3.30. The molecule has 0 saturated carbocycles. The van der Waals surface area contributed by atoms with Crippen molar-refractivity contribution in [2.75, 3.05) is 6.54 Å². The van der Waals surface area contributed by atoms with Crippen LogP contribution in [0.3, 0.4) is 0 Å². The molecule has 4 heteroatoms. The van der Waals surface area contributed by atoms with Crippen molar-refractivity contribution in [2.24, 2.45) is 0 Å². The first-order valence-electron chi connectivity index (χ1n) is 7.64. The molecule has 0 bridgehead atoms. The molecule has 110 valence electrons. The second-order valence-corrected chi connectivity index (χ2v) is 5.67. The van der Waals surface area contributed by atoms with Gasteiger partial charge < -0.3 is 10.3 Å². The Morgan fingerprint density at radius 3 is 2.67 bits per heavy atom. The van der Waals surface area contributed by atoms with Crippen molar-refractivity contribution in [2.45, 2.75) is 38.6 Å². The SMILES string of the molecule is CCCNCc1cc(=O)[nH]c(C2Cc3ccccc3C2)n1. The highest BCUT2D eigenvalue weighted by Crippen LogP contribution is 2.31. The number of hydrogen-bond donors (Lipinski definition) is 2. The third-order valence-corrected chi connectivity index (χ3v) is 3.98. The fraction of sp³-hybridized carbons (Fsp3) is 0.412. The Hall–Kier alpha value is -1.94. The Morgan fingerprint density at radius 1 is 1.29 bits per heavy atom. The Labute approximate surface area is 124 Å². The molecule has 1 heterocycles. The van der Waals surface area contributed by atoms with Gasteiger partial charge in [-0.25, -0.2) is 4.98 Å². The second kappa shape index (κ2) is 6.22. The third kappa shape index (κ3) is 3.22. The van der Waals surface area contributed by atoms with Gasteiger partial charge in [-0.15, -0.1) is 0 Å². The van der Waals surface area contributed by atoms with E-state index in [2.05, 4.69) is 46.5 Å². The Kier molecular flexibility index (Phi) is 4.15. The lowest BCUT2D eigenvalue weighted by Gasteiger charge is -2.10. The molecule has 0 radical (unpaired) electrons. The number of aromatic amines is 1. The first-order valence-corrected chi connectivity index (χ1v) is 7.64. The Bertz CT molecular complexity index is 653. The van der Waals surface area contributed by atoms with Crippen molar-refractivity contribution in [1.82, 2.24) is 15.3 Å². The average Bonchev–Trinajstić information content (AvgIpc) is 2.91. The van der Waals surface area contributed by atoms with E-state index in [-0.39, 0.29) is 5.56 Å². The first kappa shape index (κ1) is 14.0. The van der Waals surface area contributed by atoms with Crippen LogP contribution in [0, 0.1) is 0 Å². The van der Waals surface area contributed by atoms with E-state index in [1.54, 1.807) is 6.07 Å². The Balaban J connectivity index is 1.79. The van der Waals surface area contributed by atoms with Crippen molar-refractivity contribution in [3.8, 4) is 0 Å². The number of nitrogens with zero attached hydrogens (tertiary/aromatic N) is 1. The molecule has 3 rings (SSSR count). The molecule has 4 nitrogen and oxygen atoms in total. The minimum absolute atomic E-state index is 0.0516. The zero-order valence-electron chi connectivity index (χ0n) is 12.4. The van der Waals surface area contributed by atoms with Crippen molar-refractivity contribution in [3.63, 3.8) is 0 Å². The van der Waals surface area contributed by atoms with Crippen molar-refractivity contribution < 1.29 is 0 Å². The number of nitrogens with one attached hydrogen (secondary N) is 2. The number of fused-ring (bicyclic) bond motifs is 1. The van der Waals surface area contributed by atoms with Crippen LogP contribution in [-0.2, 0) is 19.4 Å². The summed E-state index contributed by atoms with van der Waals surface area (Å²) in [4.78, 5) is 19.4. The summed E-state index contributed by atoms with van der Waals surface area (Å²) in [6.07, 6.45) is 3.00.